The van der Waals surface area contributed by atoms with Crippen molar-refractivity contribution in [1.82, 2.24) is 4.98 Å². The minimum atomic E-state index is -0.430. The van der Waals surface area contributed by atoms with E-state index in [-0.39, 0.29) is 18.0 Å². The van der Waals surface area contributed by atoms with Crippen molar-refractivity contribution in [2.45, 2.75) is 6.42 Å². The van der Waals surface area contributed by atoms with Crippen LogP contribution in [-0.2, 0) is 11.2 Å². The molecule has 1 amide bonds. The van der Waals surface area contributed by atoms with E-state index in [1.165, 1.54) is 6.07 Å². The average Bonchev–Trinajstić information content (AvgIpc) is 2.89. The highest BCUT2D eigenvalue weighted by Gasteiger charge is 2.07. The molecule has 2 aromatic carbocycles. The zero-order chi connectivity index (χ0) is 13.9. The van der Waals surface area contributed by atoms with E-state index in [0.717, 1.165) is 16.5 Å². The van der Waals surface area contributed by atoms with Gasteiger partial charge in [0.15, 0.2) is 0 Å². The third-order valence-electron chi connectivity index (χ3n) is 3.13. The van der Waals surface area contributed by atoms with Gasteiger partial charge in [0.05, 0.1) is 12.1 Å². The number of halogens is 1. The second-order valence-corrected chi connectivity index (χ2v) is 4.60. The van der Waals surface area contributed by atoms with Crippen molar-refractivity contribution in [2.24, 2.45) is 0 Å². The first-order valence-corrected chi connectivity index (χ1v) is 6.33. The summed E-state index contributed by atoms with van der Waals surface area (Å²) in [7, 11) is 0. The summed E-state index contributed by atoms with van der Waals surface area (Å²) < 4.78 is 13.4. The molecule has 0 aliphatic heterocycles. The van der Waals surface area contributed by atoms with Crippen molar-refractivity contribution in [3.8, 4) is 0 Å². The highest BCUT2D eigenvalue weighted by molar-refractivity contribution is 5.93. The Morgan fingerprint density at radius 3 is 2.85 bits per heavy atom. The topological polar surface area (TPSA) is 44.9 Å². The monoisotopic (exact) mass is 268 g/mol. The number of hydrogen-bond donors (Lipinski definition) is 2. The van der Waals surface area contributed by atoms with Crippen molar-refractivity contribution < 1.29 is 9.18 Å². The summed E-state index contributed by atoms with van der Waals surface area (Å²) in [6.07, 6.45) is 2.07. The third-order valence-corrected chi connectivity index (χ3v) is 3.13. The van der Waals surface area contributed by atoms with Gasteiger partial charge in [-0.15, -0.1) is 0 Å². The Labute approximate surface area is 115 Å². The molecule has 4 heteroatoms. The minimum absolute atomic E-state index is 0.207. The van der Waals surface area contributed by atoms with Crippen LogP contribution in [-0.4, -0.2) is 10.9 Å². The molecule has 0 radical (unpaired) electrons. The van der Waals surface area contributed by atoms with Gasteiger partial charge in [-0.05, 0) is 35.2 Å². The molecular weight excluding hydrogens is 255 g/mol. The number of fused-ring (bicyclic) bond motifs is 1. The molecule has 1 heterocycles. The van der Waals surface area contributed by atoms with Crippen LogP contribution in [0.4, 0.5) is 10.1 Å². The number of nitrogens with one attached hydrogen (secondary N) is 2. The molecule has 0 saturated heterocycles. The lowest BCUT2D eigenvalue weighted by atomic mass is 10.1. The third kappa shape index (κ3) is 2.54. The lowest BCUT2D eigenvalue weighted by Crippen LogP contribution is -2.15. The zero-order valence-electron chi connectivity index (χ0n) is 10.7. The van der Waals surface area contributed by atoms with Gasteiger partial charge in [0, 0.05) is 11.7 Å². The predicted octanol–water partition coefficient (Wildman–Crippen LogP) is 3.49. The zero-order valence-corrected chi connectivity index (χ0v) is 10.7. The van der Waals surface area contributed by atoms with Crippen LogP contribution in [0.25, 0.3) is 10.9 Å². The number of aromatic nitrogens is 1. The maximum atomic E-state index is 13.4. The fraction of sp³-hybridized carbons (Fsp3) is 0.0625. The fourth-order valence-corrected chi connectivity index (χ4v) is 2.15. The number of H-pyrrole nitrogens is 1. The van der Waals surface area contributed by atoms with Crippen LogP contribution in [0.15, 0.2) is 54.7 Å². The summed E-state index contributed by atoms with van der Waals surface area (Å²) in [5.41, 5.74) is 2.08. The number of carbonyl (C=O) groups excluding carboxylic acids is 1. The molecule has 0 aliphatic carbocycles. The van der Waals surface area contributed by atoms with Gasteiger partial charge in [-0.1, -0.05) is 24.3 Å². The van der Waals surface area contributed by atoms with Gasteiger partial charge in [-0.25, -0.2) is 4.39 Å². The van der Waals surface area contributed by atoms with E-state index in [2.05, 4.69) is 10.3 Å². The largest absolute Gasteiger partial charge is 0.361 e. The summed E-state index contributed by atoms with van der Waals surface area (Å²) >= 11 is 0. The van der Waals surface area contributed by atoms with E-state index < -0.39 is 5.82 Å². The number of anilines is 1. The van der Waals surface area contributed by atoms with Crippen molar-refractivity contribution in [2.75, 3.05) is 5.32 Å². The highest BCUT2D eigenvalue weighted by Crippen LogP contribution is 2.16. The van der Waals surface area contributed by atoms with Crippen LogP contribution >= 0.6 is 0 Å². The molecule has 0 bridgehead atoms. The van der Waals surface area contributed by atoms with Crippen molar-refractivity contribution >= 4 is 22.5 Å². The quantitative estimate of drug-likeness (QED) is 0.750. The highest BCUT2D eigenvalue weighted by atomic mass is 19.1. The van der Waals surface area contributed by atoms with E-state index >= 15 is 0 Å². The normalized spacial score (nSPS) is 10.7. The van der Waals surface area contributed by atoms with Gasteiger partial charge in [-0.3, -0.25) is 4.79 Å². The Bertz CT molecular complexity index is 764. The molecule has 1 aromatic heterocycles. The summed E-state index contributed by atoms with van der Waals surface area (Å²) in [5, 5.41) is 3.68. The van der Waals surface area contributed by atoms with Crippen LogP contribution < -0.4 is 5.32 Å². The lowest BCUT2D eigenvalue weighted by molar-refractivity contribution is -0.115. The molecule has 0 saturated carbocycles. The van der Waals surface area contributed by atoms with E-state index in [9.17, 15) is 9.18 Å². The number of aromatic amines is 1. The molecule has 0 fully saturated rings. The Hall–Kier alpha value is -2.62. The van der Waals surface area contributed by atoms with Gasteiger partial charge < -0.3 is 10.3 Å². The maximum absolute atomic E-state index is 13.4. The number of hydrogen-bond acceptors (Lipinski definition) is 1. The molecular formula is C16H13FN2O. The molecule has 3 aromatic rings. The van der Waals surface area contributed by atoms with Gasteiger partial charge in [-0.2, -0.15) is 0 Å². The Kier molecular flexibility index (Phi) is 3.21. The minimum Gasteiger partial charge on any atom is -0.361 e. The summed E-state index contributed by atoms with van der Waals surface area (Å²) in [6.45, 7) is 0. The number of amides is 1. The number of para-hydroxylation sites is 1. The molecule has 0 aliphatic rings. The van der Waals surface area contributed by atoms with Crippen LogP contribution in [0, 0.1) is 5.82 Å². The molecule has 3 nitrogen and oxygen atoms in total. The van der Waals surface area contributed by atoms with Crippen LogP contribution in [0.3, 0.4) is 0 Å². The number of benzene rings is 2. The van der Waals surface area contributed by atoms with Gasteiger partial charge in [0.25, 0.3) is 0 Å². The molecule has 0 spiro atoms. The molecule has 20 heavy (non-hydrogen) atoms. The fourth-order valence-electron chi connectivity index (χ4n) is 2.15. The second-order valence-electron chi connectivity index (χ2n) is 4.60. The van der Waals surface area contributed by atoms with E-state index in [1.807, 2.05) is 30.5 Å². The van der Waals surface area contributed by atoms with E-state index in [1.54, 1.807) is 18.2 Å². The Morgan fingerprint density at radius 2 is 2.00 bits per heavy atom. The molecule has 0 unspecified atom stereocenters. The van der Waals surface area contributed by atoms with Gasteiger partial charge in [0.2, 0.25) is 5.91 Å². The number of carbonyl (C=O) groups is 1. The summed E-state index contributed by atoms with van der Waals surface area (Å²) in [5.74, 6) is -0.665. The van der Waals surface area contributed by atoms with Crippen molar-refractivity contribution in [1.29, 1.82) is 0 Å². The van der Waals surface area contributed by atoms with Crippen molar-refractivity contribution in [3.63, 3.8) is 0 Å². The lowest BCUT2D eigenvalue weighted by Gasteiger charge is -2.06. The smallest absolute Gasteiger partial charge is 0.228 e. The first-order valence-electron chi connectivity index (χ1n) is 6.33. The van der Waals surface area contributed by atoms with Crippen molar-refractivity contribution in [3.05, 3.63) is 66.1 Å². The van der Waals surface area contributed by atoms with Crippen LogP contribution in [0.2, 0.25) is 0 Å². The number of rotatable bonds is 3. The maximum Gasteiger partial charge on any atom is 0.228 e. The predicted molar refractivity (Wildman–Crippen MR) is 77.0 cm³/mol. The van der Waals surface area contributed by atoms with E-state index in [0.29, 0.717) is 0 Å². The first-order chi connectivity index (χ1) is 9.72. The Balaban J connectivity index is 1.74. The average molecular weight is 268 g/mol. The SMILES string of the molecule is O=C(Cc1ccc2cc[nH]c2c1)Nc1ccccc1F. The second kappa shape index (κ2) is 5.17. The Morgan fingerprint density at radius 1 is 1.15 bits per heavy atom. The molecule has 0 atom stereocenters. The first kappa shape index (κ1) is 12.4. The molecule has 3 rings (SSSR count). The van der Waals surface area contributed by atoms with Crippen LogP contribution in [0.5, 0.6) is 0 Å². The van der Waals surface area contributed by atoms with Crippen LogP contribution in [0.1, 0.15) is 5.56 Å². The molecule has 2 N–H and O–H groups in total. The van der Waals surface area contributed by atoms with E-state index in [4.69, 9.17) is 0 Å². The summed E-state index contributed by atoms with van der Waals surface area (Å²) in [6, 6.07) is 13.9. The van der Waals surface area contributed by atoms with Gasteiger partial charge in [0.1, 0.15) is 5.82 Å². The standard InChI is InChI=1S/C16H13FN2O/c17-13-3-1-2-4-14(13)19-16(20)10-11-5-6-12-7-8-18-15(12)9-11/h1-9,18H,10H2,(H,19,20). The van der Waals surface area contributed by atoms with Gasteiger partial charge >= 0.3 is 0 Å². The molecule has 100 valence electrons. The summed E-state index contributed by atoms with van der Waals surface area (Å²) in [4.78, 5) is 15.0.